The van der Waals surface area contributed by atoms with E-state index in [1.54, 1.807) is 0 Å². The summed E-state index contributed by atoms with van der Waals surface area (Å²) >= 11 is 0. The first-order valence-electron chi connectivity index (χ1n) is 6.46. The molecular formula is C14H21FN2O. The fourth-order valence-electron chi connectivity index (χ4n) is 2.41. The van der Waals surface area contributed by atoms with Gasteiger partial charge >= 0.3 is 0 Å². The zero-order valence-corrected chi connectivity index (χ0v) is 11.0. The molecule has 0 saturated carbocycles. The second kappa shape index (κ2) is 5.78. The Kier molecular flexibility index (Phi) is 4.32. The zero-order valence-electron chi connectivity index (χ0n) is 11.0. The van der Waals surface area contributed by atoms with E-state index in [0.29, 0.717) is 6.61 Å². The first-order chi connectivity index (χ1) is 8.60. The molecular weight excluding hydrogens is 231 g/mol. The number of rotatable bonds is 3. The zero-order chi connectivity index (χ0) is 13.1. The van der Waals surface area contributed by atoms with Gasteiger partial charge in [0.05, 0.1) is 18.8 Å². The second-order valence-corrected chi connectivity index (χ2v) is 4.89. The fraction of sp³-hybridized carbons (Fsp3) is 0.571. The third-order valence-corrected chi connectivity index (χ3v) is 3.47. The highest BCUT2D eigenvalue weighted by Gasteiger charge is 2.26. The first-order valence-corrected chi connectivity index (χ1v) is 6.46. The van der Waals surface area contributed by atoms with Crippen LogP contribution in [0.2, 0.25) is 0 Å². The van der Waals surface area contributed by atoms with E-state index >= 15 is 0 Å². The van der Waals surface area contributed by atoms with Crippen molar-refractivity contribution in [2.45, 2.75) is 26.0 Å². The lowest BCUT2D eigenvalue weighted by molar-refractivity contribution is -0.0393. The van der Waals surface area contributed by atoms with Crippen LogP contribution >= 0.6 is 0 Å². The molecule has 2 unspecified atom stereocenters. The normalized spacial score (nSPS) is 23.0. The smallest absolute Gasteiger partial charge is 0.123 e. The predicted molar refractivity (Wildman–Crippen MR) is 69.9 cm³/mol. The summed E-state index contributed by atoms with van der Waals surface area (Å²) in [5.41, 5.74) is 7.91. The molecule has 2 atom stereocenters. The van der Waals surface area contributed by atoms with Crippen LogP contribution in [0.5, 0.6) is 0 Å². The number of hydrogen-bond donors (Lipinski definition) is 1. The Labute approximate surface area is 108 Å². The number of ether oxygens (including phenoxy) is 1. The highest BCUT2D eigenvalue weighted by Crippen LogP contribution is 2.22. The Morgan fingerprint density at radius 1 is 1.50 bits per heavy atom. The molecule has 0 amide bonds. The molecule has 0 bridgehead atoms. The molecule has 1 heterocycles. The molecule has 2 N–H and O–H groups in total. The van der Waals surface area contributed by atoms with Crippen molar-refractivity contribution >= 4 is 0 Å². The molecule has 1 aromatic rings. The predicted octanol–water partition coefficient (Wildman–Crippen LogP) is 1.85. The van der Waals surface area contributed by atoms with Gasteiger partial charge in [-0.25, -0.2) is 4.39 Å². The van der Waals surface area contributed by atoms with E-state index in [-0.39, 0.29) is 18.0 Å². The Morgan fingerprint density at radius 3 is 2.94 bits per heavy atom. The van der Waals surface area contributed by atoms with Crippen molar-refractivity contribution in [1.82, 2.24) is 4.90 Å². The quantitative estimate of drug-likeness (QED) is 0.892. The number of likely N-dealkylation sites (N-methyl/N-ethyl adjacent to an activating group) is 1. The average Bonchev–Trinajstić information content (AvgIpc) is 2.37. The molecule has 0 aliphatic carbocycles. The molecule has 3 nitrogen and oxygen atoms in total. The summed E-state index contributed by atoms with van der Waals surface area (Å²) in [7, 11) is 0. The minimum Gasteiger partial charge on any atom is -0.374 e. The molecule has 4 heteroatoms. The van der Waals surface area contributed by atoms with Crippen LogP contribution in [-0.4, -0.2) is 37.2 Å². The number of morpholine rings is 1. The van der Waals surface area contributed by atoms with Crippen molar-refractivity contribution in [3.63, 3.8) is 0 Å². The van der Waals surface area contributed by atoms with E-state index in [9.17, 15) is 4.39 Å². The number of nitrogens with two attached hydrogens (primary N) is 1. The summed E-state index contributed by atoms with van der Waals surface area (Å²) in [6, 6.07) is 4.68. The van der Waals surface area contributed by atoms with Crippen LogP contribution in [0.3, 0.4) is 0 Å². The van der Waals surface area contributed by atoms with Gasteiger partial charge in [0.1, 0.15) is 5.82 Å². The lowest BCUT2D eigenvalue weighted by Crippen LogP contribution is -2.46. The largest absolute Gasteiger partial charge is 0.374 e. The number of nitrogens with zero attached hydrogens (tertiary/aromatic N) is 1. The monoisotopic (exact) mass is 252 g/mol. The van der Waals surface area contributed by atoms with Gasteiger partial charge in [-0.1, -0.05) is 13.0 Å². The van der Waals surface area contributed by atoms with Crippen molar-refractivity contribution in [1.29, 1.82) is 0 Å². The van der Waals surface area contributed by atoms with Crippen LogP contribution in [0.1, 0.15) is 24.1 Å². The standard InChI is InChI=1S/C14H21FN2O/c1-3-17-4-5-18-13(9-17)14(16)11-6-10(2)7-12(15)8-11/h6-8,13-14H,3-5,9,16H2,1-2H3. The number of aryl methyl sites for hydroxylation is 1. The molecule has 1 fully saturated rings. The maximum Gasteiger partial charge on any atom is 0.123 e. The molecule has 1 saturated heterocycles. The average molecular weight is 252 g/mol. The van der Waals surface area contributed by atoms with Crippen molar-refractivity contribution in [3.8, 4) is 0 Å². The highest BCUT2D eigenvalue weighted by molar-refractivity contribution is 5.27. The lowest BCUT2D eigenvalue weighted by Gasteiger charge is -2.35. The molecule has 2 rings (SSSR count). The third-order valence-electron chi connectivity index (χ3n) is 3.47. The number of benzene rings is 1. The Bertz CT molecular complexity index is 391. The number of halogens is 1. The molecule has 1 aliphatic heterocycles. The van der Waals surface area contributed by atoms with E-state index in [1.807, 2.05) is 13.0 Å². The minimum absolute atomic E-state index is 0.0556. The summed E-state index contributed by atoms with van der Waals surface area (Å²) in [5.74, 6) is -0.233. The lowest BCUT2D eigenvalue weighted by atomic mass is 9.99. The Morgan fingerprint density at radius 2 is 2.28 bits per heavy atom. The van der Waals surface area contributed by atoms with Crippen LogP contribution in [0.4, 0.5) is 4.39 Å². The van der Waals surface area contributed by atoms with Crippen LogP contribution in [0, 0.1) is 12.7 Å². The maximum absolute atomic E-state index is 13.4. The Balaban J connectivity index is 2.12. The van der Waals surface area contributed by atoms with E-state index in [1.165, 1.54) is 12.1 Å². The van der Waals surface area contributed by atoms with Crippen molar-refractivity contribution in [3.05, 3.63) is 35.1 Å². The summed E-state index contributed by atoms with van der Waals surface area (Å²) in [4.78, 5) is 2.31. The van der Waals surface area contributed by atoms with Gasteiger partial charge in [0.15, 0.2) is 0 Å². The molecule has 1 aromatic carbocycles. The van der Waals surface area contributed by atoms with E-state index in [0.717, 1.165) is 30.8 Å². The topological polar surface area (TPSA) is 38.5 Å². The van der Waals surface area contributed by atoms with Crippen LogP contribution < -0.4 is 5.73 Å². The molecule has 0 aromatic heterocycles. The molecule has 0 radical (unpaired) electrons. The van der Waals surface area contributed by atoms with E-state index < -0.39 is 0 Å². The molecule has 0 spiro atoms. The molecule has 100 valence electrons. The van der Waals surface area contributed by atoms with Gasteiger partial charge < -0.3 is 10.5 Å². The van der Waals surface area contributed by atoms with Crippen molar-refractivity contribution in [2.75, 3.05) is 26.2 Å². The van der Waals surface area contributed by atoms with Gasteiger partial charge in [-0.15, -0.1) is 0 Å². The van der Waals surface area contributed by atoms with Crippen molar-refractivity contribution < 1.29 is 9.13 Å². The first kappa shape index (κ1) is 13.5. The maximum atomic E-state index is 13.4. The summed E-state index contributed by atoms with van der Waals surface area (Å²) in [6.07, 6.45) is -0.0556. The van der Waals surface area contributed by atoms with Crippen LogP contribution in [0.15, 0.2) is 18.2 Å². The van der Waals surface area contributed by atoms with Gasteiger partial charge in [0.25, 0.3) is 0 Å². The van der Waals surface area contributed by atoms with Gasteiger partial charge in [-0.2, -0.15) is 0 Å². The van der Waals surface area contributed by atoms with Gasteiger partial charge in [0.2, 0.25) is 0 Å². The summed E-state index contributed by atoms with van der Waals surface area (Å²) in [5, 5.41) is 0. The molecule has 1 aliphatic rings. The van der Waals surface area contributed by atoms with E-state index in [2.05, 4.69) is 11.8 Å². The van der Waals surface area contributed by atoms with Crippen molar-refractivity contribution in [2.24, 2.45) is 5.73 Å². The summed E-state index contributed by atoms with van der Waals surface area (Å²) < 4.78 is 19.1. The SMILES string of the molecule is CCN1CCOC(C(N)c2cc(C)cc(F)c2)C1. The number of hydrogen-bond acceptors (Lipinski definition) is 3. The Hall–Kier alpha value is -0.970. The molecule has 18 heavy (non-hydrogen) atoms. The summed E-state index contributed by atoms with van der Waals surface area (Å²) in [6.45, 7) is 7.45. The van der Waals surface area contributed by atoms with Gasteiger partial charge in [-0.3, -0.25) is 4.90 Å². The fourth-order valence-corrected chi connectivity index (χ4v) is 2.41. The van der Waals surface area contributed by atoms with Gasteiger partial charge in [-0.05, 0) is 36.7 Å². The van der Waals surface area contributed by atoms with Crippen LogP contribution in [0.25, 0.3) is 0 Å². The highest BCUT2D eigenvalue weighted by atomic mass is 19.1. The second-order valence-electron chi connectivity index (χ2n) is 4.89. The minimum atomic E-state index is -0.270. The van der Waals surface area contributed by atoms with Crippen LogP contribution in [-0.2, 0) is 4.74 Å². The van der Waals surface area contributed by atoms with Gasteiger partial charge in [0, 0.05) is 13.1 Å². The van der Waals surface area contributed by atoms with E-state index in [4.69, 9.17) is 10.5 Å². The third kappa shape index (κ3) is 3.07.